The molecule has 1 fully saturated rings. The molecule has 0 radical (unpaired) electrons. The molecule has 3 aromatic rings. The maximum atomic E-state index is 12.9. The molecule has 0 unspecified atom stereocenters. The summed E-state index contributed by atoms with van der Waals surface area (Å²) in [6, 6.07) is 12.2. The van der Waals surface area contributed by atoms with E-state index in [-0.39, 0.29) is 4.90 Å². The van der Waals surface area contributed by atoms with Gasteiger partial charge >= 0.3 is 0 Å². The van der Waals surface area contributed by atoms with Crippen molar-refractivity contribution in [1.82, 2.24) is 10.1 Å². The summed E-state index contributed by atoms with van der Waals surface area (Å²) >= 11 is 0. The molecule has 2 heterocycles. The molecular formula is C20H19N3O4S. The Morgan fingerprint density at radius 2 is 2.00 bits per heavy atom. The molecule has 2 aromatic carbocycles. The van der Waals surface area contributed by atoms with Crippen molar-refractivity contribution in [3.63, 3.8) is 0 Å². The van der Waals surface area contributed by atoms with Crippen LogP contribution in [0.1, 0.15) is 41.6 Å². The van der Waals surface area contributed by atoms with E-state index in [2.05, 4.69) is 14.9 Å². The first kappa shape index (κ1) is 17.2. The van der Waals surface area contributed by atoms with E-state index in [0.717, 1.165) is 42.0 Å². The Hall–Kier alpha value is -2.87. The minimum atomic E-state index is -3.72. The van der Waals surface area contributed by atoms with Gasteiger partial charge in [-0.05, 0) is 48.2 Å². The monoisotopic (exact) mass is 397 g/mol. The van der Waals surface area contributed by atoms with Crippen molar-refractivity contribution < 1.29 is 17.7 Å². The first-order chi connectivity index (χ1) is 13.6. The summed E-state index contributed by atoms with van der Waals surface area (Å²) in [5.41, 5.74) is 2.20. The van der Waals surface area contributed by atoms with Crippen LogP contribution in [0.15, 0.2) is 51.9 Å². The van der Waals surface area contributed by atoms with Gasteiger partial charge < -0.3 is 9.26 Å². The lowest BCUT2D eigenvalue weighted by atomic mass is 10.1. The second kappa shape index (κ2) is 6.63. The molecule has 1 aromatic heterocycles. The highest BCUT2D eigenvalue weighted by molar-refractivity contribution is 7.92. The lowest BCUT2D eigenvalue weighted by Crippen LogP contribution is -2.14. The fraction of sp³-hybridized carbons (Fsp3) is 0.300. The number of benzene rings is 2. The Kier molecular flexibility index (Phi) is 4.08. The summed E-state index contributed by atoms with van der Waals surface area (Å²) in [7, 11) is -3.72. The van der Waals surface area contributed by atoms with Crippen LogP contribution in [0, 0.1) is 0 Å². The second-order valence-electron chi connectivity index (χ2n) is 7.13. The number of ether oxygens (including phenoxy) is 1. The predicted molar refractivity (Wildman–Crippen MR) is 102 cm³/mol. The molecular weight excluding hydrogens is 378 g/mol. The van der Waals surface area contributed by atoms with Crippen molar-refractivity contribution in [1.29, 1.82) is 0 Å². The van der Waals surface area contributed by atoms with Gasteiger partial charge in [-0.1, -0.05) is 23.4 Å². The Labute approximate surface area is 162 Å². The first-order valence-corrected chi connectivity index (χ1v) is 10.8. The number of sulfonamides is 1. The fourth-order valence-corrected chi connectivity index (χ4v) is 4.47. The molecule has 2 aliphatic rings. The van der Waals surface area contributed by atoms with Crippen LogP contribution in [-0.2, 0) is 22.9 Å². The van der Waals surface area contributed by atoms with Crippen LogP contribution >= 0.6 is 0 Å². The lowest BCUT2D eigenvalue weighted by molar-refractivity contribution is 0.356. The van der Waals surface area contributed by atoms with Crippen LogP contribution in [0.5, 0.6) is 5.75 Å². The summed E-state index contributed by atoms with van der Waals surface area (Å²) in [6.45, 7) is 0.585. The van der Waals surface area contributed by atoms with E-state index in [1.54, 1.807) is 30.3 Å². The number of hydrogen-bond donors (Lipinski definition) is 1. The third-order valence-electron chi connectivity index (χ3n) is 5.00. The number of anilines is 1. The standard InChI is InChI=1S/C20H19N3O4S/c24-28(25,16-7-8-18-15(11-16)9-10-26-18)23-17-4-2-1-3-14(17)12-19-21-20(22-27-19)13-5-6-13/h1-4,7-8,11,13,23H,5-6,9-10,12H2. The molecule has 0 bridgehead atoms. The minimum absolute atomic E-state index is 0.223. The summed E-state index contributed by atoms with van der Waals surface area (Å²) in [6.07, 6.45) is 3.29. The zero-order valence-corrected chi connectivity index (χ0v) is 15.9. The number of aromatic nitrogens is 2. The third-order valence-corrected chi connectivity index (χ3v) is 6.36. The number of nitrogens with one attached hydrogen (secondary N) is 1. The van der Waals surface area contributed by atoms with Gasteiger partial charge in [0.1, 0.15) is 5.75 Å². The molecule has 1 N–H and O–H groups in total. The van der Waals surface area contributed by atoms with Crippen LogP contribution in [0.2, 0.25) is 0 Å². The van der Waals surface area contributed by atoms with E-state index >= 15 is 0 Å². The largest absolute Gasteiger partial charge is 0.493 e. The van der Waals surface area contributed by atoms with Gasteiger partial charge in [0.15, 0.2) is 5.82 Å². The number of rotatable bonds is 6. The van der Waals surface area contributed by atoms with Gasteiger partial charge in [0, 0.05) is 12.3 Å². The Balaban J connectivity index is 1.40. The molecule has 0 atom stereocenters. The highest BCUT2D eigenvalue weighted by Crippen LogP contribution is 2.38. The van der Waals surface area contributed by atoms with E-state index in [4.69, 9.17) is 9.26 Å². The van der Waals surface area contributed by atoms with Gasteiger partial charge in [-0.25, -0.2) is 8.42 Å². The summed E-state index contributed by atoms with van der Waals surface area (Å²) < 4.78 is 39.3. The summed E-state index contributed by atoms with van der Waals surface area (Å²) in [5, 5.41) is 4.02. The molecule has 28 heavy (non-hydrogen) atoms. The smallest absolute Gasteiger partial charge is 0.261 e. The highest BCUT2D eigenvalue weighted by Gasteiger charge is 2.29. The normalized spacial score (nSPS) is 15.9. The van der Waals surface area contributed by atoms with Crippen LogP contribution in [0.25, 0.3) is 0 Å². The van der Waals surface area contributed by atoms with Crippen molar-refractivity contribution >= 4 is 15.7 Å². The molecule has 0 spiro atoms. The summed E-state index contributed by atoms with van der Waals surface area (Å²) in [4.78, 5) is 4.66. The first-order valence-electron chi connectivity index (χ1n) is 9.27. The van der Waals surface area contributed by atoms with Gasteiger partial charge in [-0.3, -0.25) is 4.72 Å². The molecule has 0 amide bonds. The molecule has 5 rings (SSSR count). The van der Waals surface area contributed by atoms with Gasteiger partial charge in [0.25, 0.3) is 10.0 Å². The number of nitrogens with zero attached hydrogens (tertiary/aromatic N) is 2. The molecule has 1 aliphatic heterocycles. The maximum absolute atomic E-state index is 12.9. The minimum Gasteiger partial charge on any atom is -0.493 e. The van der Waals surface area contributed by atoms with Crippen molar-refractivity contribution in [2.24, 2.45) is 0 Å². The summed E-state index contributed by atoms with van der Waals surface area (Å²) in [5.74, 6) is 2.40. The van der Waals surface area contributed by atoms with E-state index in [9.17, 15) is 8.42 Å². The topological polar surface area (TPSA) is 94.3 Å². The average Bonchev–Trinajstić information content (AvgIpc) is 3.24. The quantitative estimate of drug-likeness (QED) is 0.686. The van der Waals surface area contributed by atoms with Gasteiger partial charge in [0.05, 0.1) is 23.6 Å². The van der Waals surface area contributed by atoms with E-state index in [1.807, 2.05) is 12.1 Å². The number of hydrogen-bond acceptors (Lipinski definition) is 6. The van der Waals surface area contributed by atoms with Crippen molar-refractivity contribution in [2.75, 3.05) is 11.3 Å². The molecule has 1 aliphatic carbocycles. The Morgan fingerprint density at radius 1 is 1.14 bits per heavy atom. The molecule has 144 valence electrons. The zero-order valence-electron chi connectivity index (χ0n) is 15.1. The SMILES string of the molecule is O=S(=O)(Nc1ccccc1Cc1nc(C2CC2)no1)c1ccc2c(c1)CCO2. The van der Waals surface area contributed by atoms with Gasteiger partial charge in [-0.15, -0.1) is 0 Å². The third kappa shape index (κ3) is 3.35. The molecule has 8 heteroatoms. The Bertz CT molecular complexity index is 1140. The van der Waals surface area contributed by atoms with Crippen LogP contribution in [0.3, 0.4) is 0 Å². The van der Waals surface area contributed by atoms with Crippen molar-refractivity contribution in [3.05, 3.63) is 65.3 Å². The van der Waals surface area contributed by atoms with Gasteiger partial charge in [0.2, 0.25) is 5.89 Å². The van der Waals surface area contributed by atoms with Crippen molar-refractivity contribution in [3.8, 4) is 5.75 Å². The van der Waals surface area contributed by atoms with E-state index in [0.29, 0.717) is 30.5 Å². The number of para-hydroxylation sites is 1. The molecule has 7 nitrogen and oxygen atoms in total. The Morgan fingerprint density at radius 3 is 2.86 bits per heavy atom. The molecule has 0 saturated heterocycles. The predicted octanol–water partition coefficient (Wildman–Crippen LogP) is 3.27. The number of fused-ring (bicyclic) bond motifs is 1. The maximum Gasteiger partial charge on any atom is 0.261 e. The molecule has 1 saturated carbocycles. The lowest BCUT2D eigenvalue weighted by Gasteiger charge is -2.12. The highest BCUT2D eigenvalue weighted by atomic mass is 32.2. The fourth-order valence-electron chi connectivity index (χ4n) is 3.32. The van der Waals surface area contributed by atoms with Crippen LogP contribution < -0.4 is 9.46 Å². The zero-order chi connectivity index (χ0) is 19.1. The second-order valence-corrected chi connectivity index (χ2v) is 8.81. The van der Waals surface area contributed by atoms with Gasteiger partial charge in [-0.2, -0.15) is 4.98 Å². The van der Waals surface area contributed by atoms with E-state index in [1.165, 1.54) is 0 Å². The average molecular weight is 397 g/mol. The van der Waals surface area contributed by atoms with Crippen molar-refractivity contribution in [2.45, 2.75) is 36.5 Å². The van der Waals surface area contributed by atoms with E-state index < -0.39 is 10.0 Å². The van der Waals surface area contributed by atoms with Crippen LogP contribution in [-0.4, -0.2) is 25.2 Å². The van der Waals surface area contributed by atoms with Crippen LogP contribution in [0.4, 0.5) is 5.69 Å².